The molecule has 0 aromatic carbocycles. The van der Waals surface area contributed by atoms with Crippen LogP contribution < -0.4 is 10.6 Å². The Morgan fingerprint density at radius 3 is 2.73 bits per heavy atom. The van der Waals surface area contributed by atoms with Crippen molar-refractivity contribution in [2.75, 3.05) is 0 Å². The molecule has 1 atom stereocenters. The van der Waals surface area contributed by atoms with E-state index in [1.165, 1.54) is 0 Å². The highest BCUT2D eigenvalue weighted by Crippen LogP contribution is 2.20. The summed E-state index contributed by atoms with van der Waals surface area (Å²) in [7, 11) is 0. The average molecular weight is 304 g/mol. The van der Waals surface area contributed by atoms with Crippen LogP contribution in [-0.2, 0) is 12.1 Å². The Labute approximate surface area is 130 Å². The number of nitrogens with zero attached hydrogens (tertiary/aromatic N) is 2. The molecule has 0 saturated heterocycles. The highest BCUT2D eigenvalue weighted by molar-refractivity contribution is 5.74. The number of aryl methyl sites for hydroxylation is 1. The Hall–Kier alpha value is -2.24. The van der Waals surface area contributed by atoms with Gasteiger partial charge >= 0.3 is 6.03 Å². The largest absolute Gasteiger partial charge is 0.467 e. The number of amides is 2. The van der Waals surface area contributed by atoms with Crippen molar-refractivity contribution in [3.8, 4) is 0 Å². The molecule has 120 valence electrons. The van der Waals surface area contributed by atoms with Crippen LogP contribution in [-0.4, -0.2) is 15.8 Å². The van der Waals surface area contributed by atoms with E-state index in [1.54, 1.807) is 12.3 Å². The number of furan rings is 1. The molecule has 6 heteroatoms. The fourth-order valence-electron chi connectivity index (χ4n) is 2.15. The lowest BCUT2D eigenvalue weighted by molar-refractivity contribution is 0.236. The monoisotopic (exact) mass is 304 g/mol. The molecule has 2 aromatic heterocycles. The summed E-state index contributed by atoms with van der Waals surface area (Å²) in [5.41, 5.74) is 1.86. The van der Waals surface area contributed by atoms with Crippen LogP contribution in [0.4, 0.5) is 4.79 Å². The van der Waals surface area contributed by atoms with Crippen LogP contribution in [0.3, 0.4) is 0 Å². The van der Waals surface area contributed by atoms with Crippen molar-refractivity contribution in [3.63, 3.8) is 0 Å². The van der Waals surface area contributed by atoms with E-state index in [2.05, 4.69) is 36.5 Å². The molecule has 0 fully saturated rings. The summed E-state index contributed by atoms with van der Waals surface area (Å²) in [6, 6.07) is 3.27. The summed E-state index contributed by atoms with van der Waals surface area (Å²) in [5, 5.41) is 10.2. The molecule has 0 aliphatic heterocycles. The SMILES string of the molecule is Cc1nn(C(C)(C)C)cc1C(C)NC(=O)NCc1ccco1. The van der Waals surface area contributed by atoms with Crippen LogP contribution in [0.15, 0.2) is 29.0 Å². The Bertz CT molecular complexity index is 623. The molecule has 0 saturated carbocycles. The van der Waals surface area contributed by atoms with Crippen molar-refractivity contribution in [2.24, 2.45) is 0 Å². The lowest BCUT2D eigenvalue weighted by Crippen LogP contribution is -2.36. The standard InChI is InChI=1S/C16H24N4O2/c1-11(14-10-20(16(3,4)5)19-12(14)2)18-15(21)17-9-13-7-6-8-22-13/h6-8,10-11H,9H2,1-5H3,(H2,17,18,21). The van der Waals surface area contributed by atoms with Crippen LogP contribution in [0, 0.1) is 6.92 Å². The van der Waals surface area contributed by atoms with Gasteiger partial charge < -0.3 is 15.1 Å². The molecule has 0 aliphatic rings. The lowest BCUT2D eigenvalue weighted by atomic mass is 10.1. The summed E-state index contributed by atoms with van der Waals surface area (Å²) >= 11 is 0. The minimum Gasteiger partial charge on any atom is -0.467 e. The smallest absolute Gasteiger partial charge is 0.315 e. The number of hydrogen-bond acceptors (Lipinski definition) is 3. The number of nitrogens with one attached hydrogen (secondary N) is 2. The topological polar surface area (TPSA) is 72.1 Å². The molecule has 2 rings (SSSR count). The van der Waals surface area contributed by atoms with Gasteiger partial charge in [-0.25, -0.2) is 4.79 Å². The van der Waals surface area contributed by atoms with Crippen molar-refractivity contribution in [2.45, 2.75) is 52.7 Å². The maximum atomic E-state index is 11.9. The quantitative estimate of drug-likeness (QED) is 0.911. The second-order valence-electron chi connectivity index (χ2n) is 6.41. The van der Waals surface area contributed by atoms with E-state index in [9.17, 15) is 4.79 Å². The first-order valence-corrected chi connectivity index (χ1v) is 7.41. The Kier molecular flexibility index (Phi) is 4.59. The third-order valence-corrected chi connectivity index (χ3v) is 3.44. The van der Waals surface area contributed by atoms with E-state index in [-0.39, 0.29) is 17.6 Å². The van der Waals surface area contributed by atoms with E-state index in [4.69, 9.17) is 4.42 Å². The maximum Gasteiger partial charge on any atom is 0.315 e. The van der Waals surface area contributed by atoms with E-state index in [0.29, 0.717) is 6.54 Å². The van der Waals surface area contributed by atoms with Crippen molar-refractivity contribution in [3.05, 3.63) is 41.6 Å². The molecule has 0 radical (unpaired) electrons. The molecule has 2 aromatic rings. The van der Waals surface area contributed by atoms with Gasteiger partial charge in [-0.15, -0.1) is 0 Å². The number of aromatic nitrogens is 2. The maximum absolute atomic E-state index is 11.9. The number of carbonyl (C=O) groups is 1. The van der Waals surface area contributed by atoms with Crippen LogP contribution >= 0.6 is 0 Å². The third-order valence-electron chi connectivity index (χ3n) is 3.44. The lowest BCUT2D eigenvalue weighted by Gasteiger charge is -2.19. The summed E-state index contributed by atoms with van der Waals surface area (Å²) in [6.07, 6.45) is 3.58. The van der Waals surface area contributed by atoms with Gasteiger partial charge in [-0.2, -0.15) is 5.10 Å². The highest BCUT2D eigenvalue weighted by atomic mass is 16.3. The van der Waals surface area contributed by atoms with Crippen molar-refractivity contribution >= 4 is 6.03 Å². The van der Waals surface area contributed by atoms with Gasteiger partial charge in [0.05, 0.1) is 30.1 Å². The Morgan fingerprint density at radius 1 is 1.45 bits per heavy atom. The number of hydrogen-bond donors (Lipinski definition) is 2. The molecule has 1 unspecified atom stereocenters. The molecule has 0 aliphatic carbocycles. The molecule has 2 heterocycles. The molecular weight excluding hydrogens is 280 g/mol. The minimum atomic E-state index is -0.230. The molecule has 0 bridgehead atoms. The van der Waals surface area contributed by atoms with Crippen LogP contribution in [0.25, 0.3) is 0 Å². The first-order chi connectivity index (χ1) is 10.3. The van der Waals surface area contributed by atoms with Gasteiger partial charge in [0.1, 0.15) is 5.76 Å². The number of carbonyl (C=O) groups excluding carboxylic acids is 1. The van der Waals surface area contributed by atoms with Crippen molar-refractivity contribution in [1.82, 2.24) is 20.4 Å². The first kappa shape index (κ1) is 16.1. The van der Waals surface area contributed by atoms with Crippen molar-refractivity contribution in [1.29, 1.82) is 0 Å². The van der Waals surface area contributed by atoms with Gasteiger partial charge in [-0.1, -0.05) is 0 Å². The molecule has 0 spiro atoms. The number of rotatable bonds is 4. The van der Waals surface area contributed by atoms with Crippen LogP contribution in [0.5, 0.6) is 0 Å². The van der Waals surface area contributed by atoms with Gasteiger partial charge in [-0.3, -0.25) is 4.68 Å². The summed E-state index contributed by atoms with van der Waals surface area (Å²) in [5.74, 6) is 0.722. The first-order valence-electron chi connectivity index (χ1n) is 7.41. The van der Waals surface area contributed by atoms with Crippen molar-refractivity contribution < 1.29 is 9.21 Å². The fourth-order valence-corrected chi connectivity index (χ4v) is 2.15. The Morgan fingerprint density at radius 2 is 2.18 bits per heavy atom. The molecule has 22 heavy (non-hydrogen) atoms. The number of urea groups is 1. The predicted molar refractivity (Wildman–Crippen MR) is 84.5 cm³/mol. The summed E-state index contributed by atoms with van der Waals surface area (Å²) in [4.78, 5) is 11.9. The molecule has 6 nitrogen and oxygen atoms in total. The summed E-state index contributed by atoms with van der Waals surface area (Å²) < 4.78 is 7.10. The highest BCUT2D eigenvalue weighted by Gasteiger charge is 2.20. The van der Waals surface area contributed by atoms with E-state index < -0.39 is 0 Å². The van der Waals surface area contributed by atoms with Gasteiger partial charge in [0.15, 0.2) is 0 Å². The van der Waals surface area contributed by atoms with E-state index in [0.717, 1.165) is 17.0 Å². The molecular formula is C16H24N4O2. The second kappa shape index (κ2) is 6.25. The minimum absolute atomic E-state index is 0.0791. The second-order valence-corrected chi connectivity index (χ2v) is 6.41. The zero-order valence-electron chi connectivity index (χ0n) is 13.8. The van der Waals surface area contributed by atoms with E-state index in [1.807, 2.05) is 30.8 Å². The normalized spacial score (nSPS) is 13.0. The van der Waals surface area contributed by atoms with Crippen LogP contribution in [0.1, 0.15) is 50.8 Å². The fraction of sp³-hybridized carbons (Fsp3) is 0.500. The zero-order valence-corrected chi connectivity index (χ0v) is 13.8. The Balaban J connectivity index is 1.95. The van der Waals surface area contributed by atoms with E-state index >= 15 is 0 Å². The third kappa shape index (κ3) is 3.90. The van der Waals surface area contributed by atoms with Gasteiger partial charge in [-0.05, 0) is 46.8 Å². The zero-order chi connectivity index (χ0) is 16.3. The predicted octanol–water partition coefficient (Wildman–Crippen LogP) is 3.10. The average Bonchev–Trinajstić information content (AvgIpc) is 3.04. The van der Waals surface area contributed by atoms with Crippen LogP contribution in [0.2, 0.25) is 0 Å². The summed E-state index contributed by atoms with van der Waals surface area (Å²) in [6.45, 7) is 10.6. The molecule has 2 amide bonds. The van der Waals surface area contributed by atoms with Gasteiger partial charge in [0, 0.05) is 11.8 Å². The molecule has 2 N–H and O–H groups in total. The van der Waals surface area contributed by atoms with Gasteiger partial charge in [0.25, 0.3) is 0 Å². The van der Waals surface area contributed by atoms with Gasteiger partial charge in [0.2, 0.25) is 0 Å².